The van der Waals surface area contributed by atoms with Crippen LogP contribution in [0.4, 0.5) is 0 Å². The Bertz CT molecular complexity index is 867. The molecule has 0 radical (unpaired) electrons. The molecular formula is C31H49NO4. The number of carbonyl (C=O) groups excluding carboxylic acids is 2. The van der Waals surface area contributed by atoms with Gasteiger partial charge in [0.2, 0.25) is 0 Å². The lowest BCUT2D eigenvalue weighted by atomic mass is 9.70. The minimum atomic E-state index is -0.387. The molecule has 0 N–H and O–H groups in total. The van der Waals surface area contributed by atoms with Crippen LogP contribution in [0.25, 0.3) is 0 Å². The summed E-state index contributed by atoms with van der Waals surface area (Å²) in [7, 11) is 0. The van der Waals surface area contributed by atoms with Crippen molar-refractivity contribution in [2.45, 2.75) is 107 Å². The van der Waals surface area contributed by atoms with Crippen LogP contribution >= 0.6 is 0 Å². The molecule has 5 nitrogen and oxygen atoms in total. The molecule has 0 amide bonds. The molecule has 2 saturated carbocycles. The molecule has 0 spiro atoms. The maximum Gasteiger partial charge on any atom is 0.340 e. The Kier molecular flexibility index (Phi) is 9.27. The number of ether oxygens (including phenoxy) is 2. The van der Waals surface area contributed by atoms with Crippen molar-refractivity contribution in [3.05, 3.63) is 28.6 Å². The lowest BCUT2D eigenvalue weighted by Gasteiger charge is -2.40. The first kappa shape index (κ1) is 28.7. The number of hydrogen-bond donors (Lipinski definition) is 0. The summed E-state index contributed by atoms with van der Waals surface area (Å²) >= 11 is 0. The van der Waals surface area contributed by atoms with Crippen molar-refractivity contribution in [2.24, 2.45) is 47.3 Å². The molecular weight excluding hydrogens is 450 g/mol. The first-order valence-corrected chi connectivity index (χ1v) is 14.2. The zero-order valence-corrected chi connectivity index (χ0v) is 24.3. The second-order valence-corrected chi connectivity index (χ2v) is 12.8. The van der Waals surface area contributed by atoms with Gasteiger partial charge in [0.1, 0.15) is 12.2 Å². The summed E-state index contributed by atoms with van der Waals surface area (Å²) in [6, 6.07) is 1.65. The van der Waals surface area contributed by atoms with Crippen molar-refractivity contribution in [3.63, 3.8) is 0 Å². The predicted octanol–water partition coefficient (Wildman–Crippen LogP) is 7.43. The number of carbonyl (C=O) groups is 2. The number of rotatable bonds is 6. The maximum atomic E-state index is 13.3. The first-order chi connectivity index (χ1) is 16.8. The number of pyridine rings is 1. The van der Waals surface area contributed by atoms with Crippen molar-refractivity contribution >= 4 is 11.9 Å². The first-order valence-electron chi connectivity index (χ1n) is 14.2. The molecule has 8 atom stereocenters. The van der Waals surface area contributed by atoms with E-state index >= 15 is 0 Å². The fraction of sp³-hybridized carbons (Fsp3) is 0.774. The van der Waals surface area contributed by atoms with Gasteiger partial charge in [-0.05, 0) is 92.9 Å². The molecule has 3 rings (SSSR count). The Balaban J connectivity index is 1.78. The molecule has 202 valence electrons. The van der Waals surface area contributed by atoms with Gasteiger partial charge in [-0.25, -0.2) is 9.59 Å². The molecule has 36 heavy (non-hydrogen) atoms. The fourth-order valence-electron chi connectivity index (χ4n) is 6.28. The van der Waals surface area contributed by atoms with Gasteiger partial charge in [0.05, 0.1) is 22.5 Å². The monoisotopic (exact) mass is 499 g/mol. The van der Waals surface area contributed by atoms with E-state index in [9.17, 15) is 9.59 Å². The third kappa shape index (κ3) is 6.31. The molecule has 0 unspecified atom stereocenters. The second-order valence-electron chi connectivity index (χ2n) is 12.8. The van der Waals surface area contributed by atoms with Crippen LogP contribution < -0.4 is 0 Å². The van der Waals surface area contributed by atoms with Crippen LogP contribution in [-0.2, 0) is 9.47 Å². The molecule has 1 heterocycles. The van der Waals surface area contributed by atoms with Gasteiger partial charge in [-0.3, -0.25) is 4.98 Å². The van der Waals surface area contributed by atoms with Gasteiger partial charge in [0.15, 0.2) is 0 Å². The van der Waals surface area contributed by atoms with Crippen molar-refractivity contribution in [1.29, 1.82) is 0 Å². The second kappa shape index (κ2) is 11.6. The maximum absolute atomic E-state index is 13.3. The van der Waals surface area contributed by atoms with Gasteiger partial charge in [-0.1, -0.05) is 55.4 Å². The van der Waals surface area contributed by atoms with E-state index in [1.54, 1.807) is 19.9 Å². The number of nitrogens with zero attached hydrogens (tertiary/aromatic N) is 1. The lowest BCUT2D eigenvalue weighted by Crippen LogP contribution is -2.39. The molecule has 2 fully saturated rings. The van der Waals surface area contributed by atoms with Crippen LogP contribution in [0.2, 0.25) is 0 Å². The van der Waals surface area contributed by atoms with Gasteiger partial charge in [-0.2, -0.15) is 0 Å². The minimum absolute atomic E-state index is 0.123. The average molecular weight is 500 g/mol. The highest BCUT2D eigenvalue weighted by Gasteiger charge is 2.38. The third-order valence-electron chi connectivity index (χ3n) is 9.63. The zero-order chi connectivity index (χ0) is 26.9. The van der Waals surface area contributed by atoms with Crippen molar-refractivity contribution in [1.82, 2.24) is 4.98 Å². The van der Waals surface area contributed by atoms with E-state index in [-0.39, 0.29) is 24.1 Å². The third-order valence-corrected chi connectivity index (χ3v) is 9.63. The van der Waals surface area contributed by atoms with Crippen molar-refractivity contribution < 1.29 is 19.1 Å². The van der Waals surface area contributed by atoms with E-state index in [0.29, 0.717) is 69.9 Å². The number of aryl methyl sites for hydroxylation is 2. The van der Waals surface area contributed by atoms with Crippen LogP contribution in [0.3, 0.4) is 0 Å². The van der Waals surface area contributed by atoms with Gasteiger partial charge in [0.25, 0.3) is 0 Å². The minimum Gasteiger partial charge on any atom is -0.458 e. The number of esters is 2. The standard InChI is InChI=1S/C31H49NO4/c1-16(2)24-11-18(5)20(7)28(13-24)35-30(33)26-15-27(23(10)32-22(26)9)31(34)36-29-14-25(17(3)4)12-19(6)21(29)8/h15-21,24-25,28-29H,11-14H2,1-10H3/t18-,19-,20-,21+,24+,25+,28+,29+/m0/s1. The Labute approximate surface area is 219 Å². The van der Waals surface area contributed by atoms with E-state index < -0.39 is 0 Å². The molecule has 0 aromatic carbocycles. The van der Waals surface area contributed by atoms with Crippen LogP contribution in [0.15, 0.2) is 6.07 Å². The quantitative estimate of drug-likeness (QED) is 0.381. The van der Waals surface area contributed by atoms with E-state index in [4.69, 9.17) is 9.47 Å². The summed E-state index contributed by atoms with van der Waals surface area (Å²) < 4.78 is 12.2. The highest BCUT2D eigenvalue weighted by Crippen LogP contribution is 2.40. The van der Waals surface area contributed by atoms with Crippen LogP contribution in [-0.4, -0.2) is 29.1 Å². The van der Waals surface area contributed by atoms with Gasteiger partial charge in [-0.15, -0.1) is 0 Å². The van der Waals surface area contributed by atoms with Gasteiger partial charge < -0.3 is 9.47 Å². The molecule has 0 bridgehead atoms. The summed E-state index contributed by atoms with van der Waals surface area (Å²) in [5.74, 6) is 3.05. The van der Waals surface area contributed by atoms with E-state index in [1.807, 2.05) is 0 Å². The molecule has 0 saturated heterocycles. The van der Waals surface area contributed by atoms with E-state index in [1.165, 1.54) is 12.8 Å². The smallest absolute Gasteiger partial charge is 0.340 e. The zero-order valence-electron chi connectivity index (χ0n) is 24.3. The molecule has 1 aromatic heterocycles. The van der Waals surface area contributed by atoms with E-state index in [2.05, 4.69) is 60.4 Å². The Morgan fingerprint density at radius 1 is 0.722 bits per heavy atom. The normalized spacial score (nSPS) is 33.0. The molecule has 0 aliphatic heterocycles. The van der Waals surface area contributed by atoms with E-state index in [0.717, 1.165) is 12.8 Å². The lowest BCUT2D eigenvalue weighted by molar-refractivity contribution is -0.0257. The van der Waals surface area contributed by atoms with Crippen LogP contribution in [0.5, 0.6) is 0 Å². The summed E-state index contributed by atoms with van der Waals surface area (Å²) in [6.07, 6.45) is 3.87. The summed E-state index contributed by atoms with van der Waals surface area (Å²) in [4.78, 5) is 31.2. The molecule has 5 heteroatoms. The summed E-state index contributed by atoms with van der Waals surface area (Å²) in [6.45, 7) is 21.5. The Hall–Kier alpha value is -1.91. The molecule has 2 aliphatic rings. The highest BCUT2D eigenvalue weighted by atomic mass is 16.5. The van der Waals surface area contributed by atoms with Gasteiger partial charge >= 0.3 is 11.9 Å². The van der Waals surface area contributed by atoms with Gasteiger partial charge in [0, 0.05) is 0 Å². The number of aromatic nitrogens is 1. The largest absolute Gasteiger partial charge is 0.458 e. The van der Waals surface area contributed by atoms with Crippen LogP contribution in [0, 0.1) is 61.2 Å². The number of hydrogen-bond acceptors (Lipinski definition) is 5. The summed E-state index contributed by atoms with van der Waals surface area (Å²) in [5, 5.41) is 0. The predicted molar refractivity (Wildman–Crippen MR) is 144 cm³/mol. The van der Waals surface area contributed by atoms with Crippen molar-refractivity contribution in [2.75, 3.05) is 0 Å². The van der Waals surface area contributed by atoms with Crippen LogP contribution in [0.1, 0.15) is 113 Å². The Morgan fingerprint density at radius 3 is 1.42 bits per heavy atom. The summed E-state index contributed by atoms with van der Waals surface area (Å²) in [5.41, 5.74) is 1.91. The fourth-order valence-corrected chi connectivity index (χ4v) is 6.28. The Morgan fingerprint density at radius 2 is 1.08 bits per heavy atom. The average Bonchev–Trinajstić information content (AvgIpc) is 2.79. The molecule has 1 aromatic rings. The molecule has 2 aliphatic carbocycles. The SMILES string of the molecule is Cc1nc(C)c(C(=O)O[C@@H]2C[C@H](C(C)C)C[C@H](C)[C@@H]2C)cc1C(=O)O[C@@H]1C[C@H](C(C)C)C[C@H](C)[C@H]1C. The van der Waals surface area contributed by atoms with Crippen molar-refractivity contribution in [3.8, 4) is 0 Å². The highest BCUT2D eigenvalue weighted by molar-refractivity contribution is 5.96. The topological polar surface area (TPSA) is 65.5 Å².